The van der Waals surface area contributed by atoms with Gasteiger partial charge in [-0.3, -0.25) is 15.4 Å². The van der Waals surface area contributed by atoms with Gasteiger partial charge in [-0.25, -0.2) is 14.2 Å². The van der Waals surface area contributed by atoms with Crippen LogP contribution in [0.15, 0.2) is 27.9 Å². The molecule has 188 valence electrons. The van der Waals surface area contributed by atoms with Crippen LogP contribution in [0.5, 0.6) is 0 Å². The lowest BCUT2D eigenvalue weighted by molar-refractivity contribution is -0.280. The first-order valence-corrected chi connectivity index (χ1v) is 9.83. The summed E-state index contributed by atoms with van der Waals surface area (Å²) in [6.07, 6.45) is -19.5. The fourth-order valence-electron chi connectivity index (χ4n) is 2.38. The number of urea groups is 1. The Morgan fingerprint density at radius 2 is 1.38 bits per heavy atom. The molecule has 0 atom stereocenters. The summed E-state index contributed by atoms with van der Waals surface area (Å²) < 4.78 is 132. The van der Waals surface area contributed by atoms with Crippen LogP contribution in [0, 0.1) is 0 Å². The second kappa shape index (κ2) is 9.28. The Morgan fingerprint density at radius 3 is 1.79 bits per heavy atom. The molecule has 0 saturated carbocycles. The average molecular weight is 587 g/mol. The van der Waals surface area contributed by atoms with Crippen molar-refractivity contribution in [3.8, 4) is 0 Å². The van der Waals surface area contributed by atoms with Crippen LogP contribution in [0.4, 0.5) is 48.7 Å². The molecule has 0 spiro atoms. The van der Waals surface area contributed by atoms with Crippen LogP contribution in [0.25, 0.3) is 0 Å². The number of carbonyl (C=O) groups is 2. The van der Waals surface area contributed by atoms with Crippen molar-refractivity contribution in [1.82, 2.24) is 10.6 Å². The number of imide groups is 1. The van der Waals surface area contributed by atoms with Crippen LogP contribution in [-0.4, -0.2) is 41.2 Å². The highest BCUT2D eigenvalue weighted by Gasteiger charge is 2.77. The topological polar surface area (TPSA) is 70.6 Å². The zero-order valence-electron chi connectivity index (χ0n) is 15.2. The third-order valence-electron chi connectivity index (χ3n) is 3.75. The number of nitrogens with one attached hydrogen (secondary N) is 2. The molecule has 2 rings (SSSR count). The second-order valence-electron chi connectivity index (χ2n) is 6.02. The number of allylic oxidation sites excluding steroid dienone is 1. The Bertz CT molecular complexity index is 1060. The van der Waals surface area contributed by atoms with E-state index in [2.05, 4.69) is 4.99 Å². The van der Waals surface area contributed by atoms with Crippen LogP contribution in [0.3, 0.4) is 0 Å². The van der Waals surface area contributed by atoms with Gasteiger partial charge in [0.15, 0.2) is 5.17 Å². The molecule has 0 saturated heterocycles. The minimum Gasteiger partial charge on any atom is -0.286 e. The molecule has 19 heteroatoms. The number of hydrogen-bond donors (Lipinski definition) is 2. The first kappa shape index (κ1) is 28.3. The Morgan fingerprint density at radius 1 is 0.912 bits per heavy atom. The summed E-state index contributed by atoms with van der Waals surface area (Å²) in [7, 11) is 0. The van der Waals surface area contributed by atoms with Crippen molar-refractivity contribution in [2.24, 2.45) is 4.99 Å². The van der Waals surface area contributed by atoms with E-state index in [1.165, 1.54) is 10.6 Å². The number of halogens is 13. The minimum absolute atomic E-state index is 0.0469. The van der Waals surface area contributed by atoms with Gasteiger partial charge in [-0.15, -0.1) is 0 Å². The van der Waals surface area contributed by atoms with Crippen molar-refractivity contribution in [3.63, 3.8) is 0 Å². The van der Waals surface area contributed by atoms with Crippen LogP contribution in [0.2, 0.25) is 15.1 Å². The first-order chi connectivity index (χ1) is 15.2. The van der Waals surface area contributed by atoms with Gasteiger partial charge < -0.3 is 0 Å². The van der Waals surface area contributed by atoms with E-state index in [0.29, 0.717) is 0 Å². The van der Waals surface area contributed by atoms with Crippen LogP contribution in [0.1, 0.15) is 10.4 Å². The van der Waals surface area contributed by atoms with Gasteiger partial charge in [0, 0.05) is 5.02 Å². The standard InChI is InChI=1S/C15H4Cl3F10N3O2S/c16-3-1-4(17)6(5(18)2-3)9(32)29-10(33)30-11-31-12(14(23,24)25,15(26,27)28)8(34-11)7(19)13(20,21)22/h1-2H,(H2,29,30,31,32,33). The van der Waals surface area contributed by atoms with E-state index < -0.39 is 79.3 Å². The van der Waals surface area contributed by atoms with E-state index in [9.17, 15) is 53.5 Å². The predicted octanol–water partition coefficient (Wildman–Crippen LogP) is 6.80. The summed E-state index contributed by atoms with van der Waals surface area (Å²) >= 11 is 16.0. The zero-order valence-corrected chi connectivity index (χ0v) is 18.3. The maximum Gasteiger partial charge on any atom is 0.443 e. The third-order valence-corrected chi connectivity index (χ3v) is 5.63. The van der Waals surface area contributed by atoms with Gasteiger partial charge >= 0.3 is 24.6 Å². The molecule has 1 aromatic rings. The van der Waals surface area contributed by atoms with Gasteiger partial charge in [-0.2, -0.15) is 39.5 Å². The highest BCUT2D eigenvalue weighted by Crippen LogP contribution is 2.59. The number of rotatable bonds is 1. The normalized spacial score (nSPS) is 17.9. The lowest BCUT2D eigenvalue weighted by atomic mass is 9.97. The quantitative estimate of drug-likeness (QED) is 0.356. The highest BCUT2D eigenvalue weighted by atomic mass is 35.5. The number of amides is 3. The van der Waals surface area contributed by atoms with Crippen molar-refractivity contribution in [3.05, 3.63) is 43.5 Å². The zero-order chi connectivity index (χ0) is 26.4. The maximum atomic E-state index is 13.7. The van der Waals surface area contributed by atoms with Gasteiger partial charge in [-0.05, 0) is 12.1 Å². The molecule has 0 aromatic heterocycles. The average Bonchev–Trinajstić information content (AvgIpc) is 2.99. The largest absolute Gasteiger partial charge is 0.443 e. The first-order valence-electron chi connectivity index (χ1n) is 7.88. The molecule has 0 fully saturated rings. The van der Waals surface area contributed by atoms with Crippen LogP contribution < -0.4 is 10.6 Å². The predicted molar refractivity (Wildman–Crippen MR) is 102 cm³/mol. The van der Waals surface area contributed by atoms with Crippen molar-refractivity contribution < 1.29 is 53.5 Å². The van der Waals surface area contributed by atoms with Crippen molar-refractivity contribution >= 4 is 63.7 Å². The molecule has 0 unspecified atom stereocenters. The molecule has 1 aliphatic rings. The van der Waals surface area contributed by atoms with E-state index in [1.807, 2.05) is 0 Å². The number of carbonyl (C=O) groups excluding carboxylic acids is 2. The molecule has 1 aliphatic heterocycles. The molecule has 1 heterocycles. The summed E-state index contributed by atoms with van der Waals surface area (Å²) in [5.41, 5.74) is -6.27. The molecule has 0 bridgehead atoms. The Hall–Kier alpha value is -1.91. The fraction of sp³-hybridized carbons (Fsp3) is 0.267. The molecule has 0 aliphatic carbocycles. The third kappa shape index (κ3) is 5.33. The summed E-state index contributed by atoms with van der Waals surface area (Å²) in [5.74, 6) is -5.16. The smallest absolute Gasteiger partial charge is 0.286 e. The second-order valence-corrected chi connectivity index (χ2v) is 8.27. The van der Waals surface area contributed by atoms with Crippen LogP contribution in [-0.2, 0) is 0 Å². The lowest BCUT2D eigenvalue weighted by Crippen LogP contribution is -2.55. The lowest BCUT2D eigenvalue weighted by Gasteiger charge is -2.31. The monoisotopic (exact) mass is 585 g/mol. The number of thioether (sulfide) groups is 1. The molecule has 2 N–H and O–H groups in total. The van der Waals surface area contributed by atoms with E-state index in [0.717, 1.165) is 12.1 Å². The molecular weight excluding hydrogens is 583 g/mol. The van der Waals surface area contributed by atoms with Gasteiger partial charge in [0.2, 0.25) is 5.83 Å². The van der Waals surface area contributed by atoms with E-state index in [4.69, 9.17) is 34.8 Å². The van der Waals surface area contributed by atoms with E-state index in [-0.39, 0.29) is 5.02 Å². The molecule has 34 heavy (non-hydrogen) atoms. The summed E-state index contributed by atoms with van der Waals surface area (Å²) in [4.78, 5) is 23.2. The Kier molecular flexibility index (Phi) is 7.73. The number of nitrogens with zero attached hydrogens (tertiary/aromatic N) is 1. The Labute approximate surface area is 200 Å². The van der Waals surface area contributed by atoms with E-state index >= 15 is 0 Å². The van der Waals surface area contributed by atoms with Gasteiger partial charge in [0.1, 0.15) is 0 Å². The molecular formula is C15H4Cl3F10N3O2S. The van der Waals surface area contributed by atoms with Crippen molar-refractivity contribution in [2.75, 3.05) is 0 Å². The van der Waals surface area contributed by atoms with Gasteiger partial charge in [0.05, 0.1) is 20.5 Å². The summed E-state index contributed by atoms with van der Waals surface area (Å²) in [5, 5.41) is 0.0146. The van der Waals surface area contributed by atoms with Gasteiger partial charge in [-0.1, -0.05) is 46.6 Å². The SMILES string of the molecule is O=C(NC(=O)c1c(Cl)cc(Cl)cc1Cl)NC1=NC(C(F)(F)F)(C(F)(F)F)C(=C(F)C(F)(F)F)S1. The van der Waals surface area contributed by atoms with Crippen LogP contribution >= 0.6 is 46.6 Å². The minimum atomic E-state index is -6.61. The number of benzene rings is 1. The molecule has 1 aromatic carbocycles. The molecule has 0 radical (unpaired) electrons. The highest BCUT2D eigenvalue weighted by molar-refractivity contribution is 8.17. The maximum absolute atomic E-state index is 13.7. The van der Waals surface area contributed by atoms with Crippen molar-refractivity contribution in [1.29, 1.82) is 0 Å². The molecule has 3 amide bonds. The Balaban J connectivity index is 2.45. The van der Waals surface area contributed by atoms with Crippen molar-refractivity contribution in [2.45, 2.75) is 24.1 Å². The van der Waals surface area contributed by atoms with Gasteiger partial charge in [0.25, 0.3) is 11.4 Å². The molecule has 5 nitrogen and oxygen atoms in total. The number of alkyl halides is 9. The summed E-state index contributed by atoms with van der Waals surface area (Å²) in [6.45, 7) is 0. The summed E-state index contributed by atoms with van der Waals surface area (Å²) in [6, 6.07) is 0.137. The number of hydrogen-bond acceptors (Lipinski definition) is 4. The number of amidine groups is 1. The van der Waals surface area contributed by atoms with E-state index in [1.54, 1.807) is 0 Å². The fourth-order valence-corrected chi connectivity index (χ4v) is 4.52. The number of aliphatic imine (C=N–C) groups is 1.